The average molecular weight is 294 g/mol. The molecule has 0 aliphatic carbocycles. The van der Waals surface area contributed by atoms with E-state index in [1.54, 1.807) is 31.4 Å². The van der Waals surface area contributed by atoms with E-state index in [-0.39, 0.29) is 18.0 Å². The van der Waals surface area contributed by atoms with E-state index in [2.05, 4.69) is 5.32 Å². The number of rotatable bonds is 4. The molecule has 0 unspecified atom stereocenters. The number of carbonyl (C=O) groups excluding carboxylic acids is 1. The van der Waals surface area contributed by atoms with Gasteiger partial charge in [0, 0.05) is 5.02 Å². The summed E-state index contributed by atoms with van der Waals surface area (Å²) in [6.07, 6.45) is 0.149. The summed E-state index contributed by atoms with van der Waals surface area (Å²) in [5.74, 6) is -0.108. The van der Waals surface area contributed by atoms with Crippen molar-refractivity contribution in [1.82, 2.24) is 0 Å². The Kier molecular flexibility index (Phi) is 4.58. The Bertz CT molecular complexity index is 614. The highest BCUT2D eigenvalue weighted by Gasteiger charge is 2.08. The van der Waals surface area contributed by atoms with Crippen molar-refractivity contribution < 1.29 is 13.9 Å². The van der Waals surface area contributed by atoms with Crippen LogP contribution in [-0.2, 0) is 11.2 Å². The van der Waals surface area contributed by atoms with Crippen molar-refractivity contribution in [2.24, 2.45) is 0 Å². The fraction of sp³-hybridized carbons (Fsp3) is 0.133. The smallest absolute Gasteiger partial charge is 0.228 e. The number of benzene rings is 2. The van der Waals surface area contributed by atoms with Gasteiger partial charge in [-0.25, -0.2) is 4.39 Å². The van der Waals surface area contributed by atoms with Crippen LogP contribution in [0.15, 0.2) is 42.5 Å². The number of methoxy groups -OCH3 is 1. The lowest BCUT2D eigenvalue weighted by Crippen LogP contribution is -2.15. The molecular formula is C15H13ClFNO2. The molecule has 0 spiro atoms. The van der Waals surface area contributed by atoms with Crippen molar-refractivity contribution in [2.45, 2.75) is 6.42 Å². The summed E-state index contributed by atoms with van der Waals surface area (Å²) >= 11 is 5.76. The summed E-state index contributed by atoms with van der Waals surface area (Å²) in [5, 5.41) is 2.87. The third-order valence-corrected chi connectivity index (χ3v) is 2.96. The zero-order valence-corrected chi connectivity index (χ0v) is 11.6. The lowest BCUT2D eigenvalue weighted by Gasteiger charge is -2.07. The molecule has 1 amide bonds. The Morgan fingerprint density at radius 1 is 1.25 bits per heavy atom. The molecule has 0 aliphatic rings. The van der Waals surface area contributed by atoms with Gasteiger partial charge in [-0.3, -0.25) is 4.79 Å². The van der Waals surface area contributed by atoms with Gasteiger partial charge in [-0.2, -0.15) is 0 Å². The maximum Gasteiger partial charge on any atom is 0.228 e. The van der Waals surface area contributed by atoms with Crippen LogP contribution >= 0.6 is 11.6 Å². The number of anilines is 1. The van der Waals surface area contributed by atoms with Crippen LogP contribution in [0.25, 0.3) is 0 Å². The molecule has 2 aromatic rings. The Morgan fingerprint density at radius 2 is 1.95 bits per heavy atom. The van der Waals surface area contributed by atoms with Crippen molar-refractivity contribution >= 4 is 23.2 Å². The molecule has 20 heavy (non-hydrogen) atoms. The molecule has 0 heterocycles. The number of carbonyl (C=O) groups is 1. The van der Waals surface area contributed by atoms with Crippen LogP contribution in [0.1, 0.15) is 5.56 Å². The standard InChI is InChI=1S/C15H13ClFNO2/c1-20-12-5-2-10(3-6-12)8-15(19)18-14-9-11(16)4-7-13(14)17/h2-7,9H,8H2,1H3,(H,18,19). The van der Waals surface area contributed by atoms with Gasteiger partial charge in [0.05, 0.1) is 19.2 Å². The van der Waals surface area contributed by atoms with Crippen molar-refractivity contribution in [3.63, 3.8) is 0 Å². The number of amides is 1. The van der Waals surface area contributed by atoms with E-state index in [1.807, 2.05) is 0 Å². The molecule has 3 nitrogen and oxygen atoms in total. The number of hydrogen-bond donors (Lipinski definition) is 1. The lowest BCUT2D eigenvalue weighted by atomic mass is 10.1. The molecule has 5 heteroatoms. The largest absolute Gasteiger partial charge is 0.497 e. The van der Waals surface area contributed by atoms with Gasteiger partial charge < -0.3 is 10.1 Å². The number of hydrogen-bond acceptors (Lipinski definition) is 2. The van der Waals surface area contributed by atoms with Gasteiger partial charge in [-0.15, -0.1) is 0 Å². The summed E-state index contributed by atoms with van der Waals surface area (Å²) in [4.78, 5) is 11.8. The normalized spacial score (nSPS) is 10.2. The Labute approximate surface area is 121 Å². The van der Waals surface area contributed by atoms with E-state index in [4.69, 9.17) is 16.3 Å². The topological polar surface area (TPSA) is 38.3 Å². The predicted molar refractivity (Wildman–Crippen MR) is 76.7 cm³/mol. The zero-order valence-electron chi connectivity index (χ0n) is 10.8. The molecule has 1 N–H and O–H groups in total. The van der Waals surface area contributed by atoms with E-state index in [1.165, 1.54) is 18.2 Å². The second-order valence-corrected chi connectivity index (χ2v) is 4.63. The van der Waals surface area contributed by atoms with Gasteiger partial charge in [-0.1, -0.05) is 23.7 Å². The summed E-state index contributed by atoms with van der Waals surface area (Å²) in [5.41, 5.74) is 0.891. The van der Waals surface area contributed by atoms with Crippen molar-refractivity contribution in [3.05, 3.63) is 58.9 Å². The van der Waals surface area contributed by atoms with Crippen LogP contribution in [0, 0.1) is 5.82 Å². The highest BCUT2D eigenvalue weighted by Crippen LogP contribution is 2.20. The molecule has 0 saturated heterocycles. The van der Waals surface area contributed by atoms with Crippen molar-refractivity contribution in [3.8, 4) is 5.75 Å². The summed E-state index contributed by atoms with van der Waals surface area (Å²) in [6, 6.07) is 11.1. The van der Waals surface area contributed by atoms with E-state index in [0.29, 0.717) is 5.02 Å². The second kappa shape index (κ2) is 6.39. The van der Waals surface area contributed by atoms with E-state index in [0.717, 1.165) is 11.3 Å². The van der Waals surface area contributed by atoms with Crippen LogP contribution in [0.4, 0.5) is 10.1 Å². The molecule has 0 bridgehead atoms. The molecule has 2 aromatic carbocycles. The average Bonchev–Trinajstić information content (AvgIpc) is 2.43. The molecule has 0 radical (unpaired) electrons. The molecule has 0 aliphatic heterocycles. The van der Waals surface area contributed by atoms with Crippen LogP contribution in [0.5, 0.6) is 5.75 Å². The summed E-state index contributed by atoms with van der Waals surface area (Å²) < 4.78 is 18.5. The van der Waals surface area contributed by atoms with Crippen LogP contribution < -0.4 is 10.1 Å². The fourth-order valence-electron chi connectivity index (χ4n) is 1.72. The Morgan fingerprint density at radius 3 is 2.60 bits per heavy atom. The quantitative estimate of drug-likeness (QED) is 0.934. The van der Waals surface area contributed by atoms with Gasteiger partial charge in [0.25, 0.3) is 0 Å². The van der Waals surface area contributed by atoms with Crippen LogP contribution in [-0.4, -0.2) is 13.0 Å². The first-order valence-electron chi connectivity index (χ1n) is 5.96. The Hall–Kier alpha value is -2.07. The SMILES string of the molecule is COc1ccc(CC(=O)Nc2cc(Cl)ccc2F)cc1. The third-order valence-electron chi connectivity index (χ3n) is 2.73. The minimum Gasteiger partial charge on any atom is -0.497 e. The highest BCUT2D eigenvalue weighted by molar-refractivity contribution is 6.30. The highest BCUT2D eigenvalue weighted by atomic mass is 35.5. The van der Waals surface area contributed by atoms with Gasteiger partial charge in [0.15, 0.2) is 0 Å². The Balaban J connectivity index is 2.03. The number of halogens is 2. The van der Waals surface area contributed by atoms with Gasteiger partial charge >= 0.3 is 0 Å². The lowest BCUT2D eigenvalue weighted by molar-refractivity contribution is -0.115. The van der Waals surface area contributed by atoms with Gasteiger partial charge in [-0.05, 0) is 35.9 Å². The maximum atomic E-state index is 13.5. The minimum atomic E-state index is -0.516. The van der Waals surface area contributed by atoms with E-state index in [9.17, 15) is 9.18 Å². The first-order valence-corrected chi connectivity index (χ1v) is 6.34. The molecule has 0 aromatic heterocycles. The molecule has 0 atom stereocenters. The monoisotopic (exact) mass is 293 g/mol. The first-order chi connectivity index (χ1) is 9.58. The summed E-state index contributed by atoms with van der Waals surface area (Å²) in [6.45, 7) is 0. The second-order valence-electron chi connectivity index (χ2n) is 4.20. The molecular weight excluding hydrogens is 281 g/mol. The summed E-state index contributed by atoms with van der Waals surface area (Å²) in [7, 11) is 1.57. The van der Waals surface area contributed by atoms with Crippen LogP contribution in [0.3, 0.4) is 0 Å². The predicted octanol–water partition coefficient (Wildman–Crippen LogP) is 3.67. The van der Waals surface area contributed by atoms with E-state index < -0.39 is 5.82 Å². The fourth-order valence-corrected chi connectivity index (χ4v) is 1.89. The number of nitrogens with one attached hydrogen (secondary N) is 1. The molecule has 0 fully saturated rings. The van der Waals surface area contributed by atoms with Crippen molar-refractivity contribution in [2.75, 3.05) is 12.4 Å². The van der Waals surface area contributed by atoms with Gasteiger partial charge in [0.1, 0.15) is 11.6 Å². The van der Waals surface area contributed by atoms with Crippen LogP contribution in [0.2, 0.25) is 5.02 Å². The zero-order chi connectivity index (χ0) is 14.5. The molecule has 0 saturated carbocycles. The molecule has 2 rings (SSSR count). The minimum absolute atomic E-state index is 0.0796. The van der Waals surface area contributed by atoms with Crippen molar-refractivity contribution in [1.29, 1.82) is 0 Å². The third kappa shape index (κ3) is 3.71. The maximum absolute atomic E-state index is 13.5. The molecule has 104 valence electrons. The first kappa shape index (κ1) is 14.3. The van der Waals surface area contributed by atoms with Gasteiger partial charge in [0.2, 0.25) is 5.91 Å². The van der Waals surface area contributed by atoms with E-state index >= 15 is 0 Å². The number of ether oxygens (including phenoxy) is 1.